The molecule has 0 bridgehead atoms. The van der Waals surface area contributed by atoms with Gasteiger partial charge in [-0.1, -0.05) is 6.07 Å². The van der Waals surface area contributed by atoms with Gasteiger partial charge in [-0.25, -0.2) is 4.79 Å². The molecule has 3 N–H and O–H groups in total. The molecule has 0 unspecified atom stereocenters. The zero-order valence-corrected chi connectivity index (χ0v) is 10.1. The largest absolute Gasteiger partial charge is 0.444 e. The van der Waals surface area contributed by atoms with Gasteiger partial charge in [0.2, 0.25) is 0 Å². The van der Waals surface area contributed by atoms with Crippen LogP contribution in [0.3, 0.4) is 0 Å². The van der Waals surface area contributed by atoms with Crippen LogP contribution in [-0.4, -0.2) is 17.6 Å². The number of ether oxygens (including phenoxy) is 1. The van der Waals surface area contributed by atoms with Gasteiger partial charge in [0.05, 0.1) is 0 Å². The monoisotopic (exact) mass is 236 g/mol. The van der Waals surface area contributed by atoms with E-state index >= 15 is 0 Å². The third-order valence-electron chi connectivity index (χ3n) is 1.76. The van der Waals surface area contributed by atoms with Gasteiger partial charge < -0.3 is 10.5 Å². The molecule has 0 atom stereocenters. The first-order valence-electron chi connectivity index (χ1n) is 5.18. The molecular weight excluding hydrogens is 220 g/mol. The third-order valence-corrected chi connectivity index (χ3v) is 1.76. The molecule has 0 fully saturated rings. The van der Waals surface area contributed by atoms with Crippen LogP contribution < -0.4 is 11.1 Å². The Morgan fingerprint density at radius 1 is 1.29 bits per heavy atom. The first-order valence-corrected chi connectivity index (χ1v) is 5.18. The van der Waals surface area contributed by atoms with E-state index in [-0.39, 0.29) is 0 Å². The zero-order valence-electron chi connectivity index (χ0n) is 10.1. The number of benzene rings is 1. The fourth-order valence-corrected chi connectivity index (χ4v) is 1.15. The lowest BCUT2D eigenvalue weighted by Crippen LogP contribution is -2.36. The van der Waals surface area contributed by atoms with Crippen molar-refractivity contribution in [2.24, 2.45) is 0 Å². The van der Waals surface area contributed by atoms with Crippen molar-refractivity contribution >= 4 is 17.7 Å². The highest BCUT2D eigenvalue weighted by Gasteiger charge is 2.18. The number of hydrogen-bond donors (Lipinski definition) is 2. The molecule has 5 nitrogen and oxygen atoms in total. The van der Waals surface area contributed by atoms with Crippen LogP contribution >= 0.6 is 0 Å². The SMILES string of the molecule is CC(C)(C)OC(=O)NC(=O)c1cccc(N)c1. The number of carbonyl (C=O) groups is 2. The summed E-state index contributed by atoms with van der Waals surface area (Å²) in [6.07, 6.45) is -0.773. The number of carbonyl (C=O) groups excluding carboxylic acids is 2. The molecule has 17 heavy (non-hydrogen) atoms. The summed E-state index contributed by atoms with van der Waals surface area (Å²) in [5.41, 5.74) is 5.67. The molecule has 1 aromatic carbocycles. The minimum absolute atomic E-state index is 0.316. The van der Waals surface area contributed by atoms with Gasteiger partial charge in [0.1, 0.15) is 5.60 Å². The number of nitrogens with two attached hydrogens (primary N) is 1. The van der Waals surface area contributed by atoms with Crippen molar-refractivity contribution in [3.63, 3.8) is 0 Å². The van der Waals surface area contributed by atoms with Crippen LogP contribution in [0.2, 0.25) is 0 Å². The molecule has 0 radical (unpaired) electrons. The number of nitrogens with one attached hydrogen (secondary N) is 1. The molecule has 92 valence electrons. The molecule has 1 rings (SSSR count). The highest BCUT2D eigenvalue weighted by Crippen LogP contribution is 2.08. The number of alkyl carbamates (subject to hydrolysis) is 1. The third kappa shape index (κ3) is 4.55. The van der Waals surface area contributed by atoms with Crippen LogP contribution in [0.1, 0.15) is 31.1 Å². The van der Waals surface area contributed by atoms with E-state index in [1.807, 2.05) is 0 Å². The van der Waals surface area contributed by atoms with Crippen molar-refractivity contribution in [2.45, 2.75) is 26.4 Å². The maximum absolute atomic E-state index is 11.6. The van der Waals surface area contributed by atoms with Crippen molar-refractivity contribution in [1.29, 1.82) is 0 Å². The lowest BCUT2D eigenvalue weighted by atomic mass is 10.2. The Bertz CT molecular complexity index is 436. The standard InChI is InChI=1S/C12H16N2O3/c1-12(2,3)17-11(16)14-10(15)8-5-4-6-9(13)7-8/h4-7H,13H2,1-3H3,(H,14,15,16). The second kappa shape index (κ2) is 4.86. The van der Waals surface area contributed by atoms with Crippen LogP contribution in [-0.2, 0) is 4.74 Å². The molecule has 5 heteroatoms. The molecule has 0 spiro atoms. The lowest BCUT2D eigenvalue weighted by Gasteiger charge is -2.19. The first-order chi connectivity index (χ1) is 7.78. The Balaban J connectivity index is 2.64. The first kappa shape index (κ1) is 13.0. The van der Waals surface area contributed by atoms with Crippen molar-refractivity contribution in [1.82, 2.24) is 5.32 Å². The van der Waals surface area contributed by atoms with E-state index in [1.54, 1.807) is 39.0 Å². The number of amides is 2. The average Bonchev–Trinajstić information content (AvgIpc) is 2.14. The van der Waals surface area contributed by atoms with Gasteiger partial charge in [0.15, 0.2) is 0 Å². The van der Waals surface area contributed by atoms with Crippen LogP contribution in [0.5, 0.6) is 0 Å². The van der Waals surface area contributed by atoms with Gasteiger partial charge in [0.25, 0.3) is 5.91 Å². The highest BCUT2D eigenvalue weighted by molar-refractivity contribution is 6.03. The maximum atomic E-state index is 11.6. The van der Waals surface area contributed by atoms with Crippen molar-refractivity contribution in [3.8, 4) is 0 Å². The summed E-state index contributed by atoms with van der Waals surface area (Å²) in [6.45, 7) is 5.16. The molecule has 0 heterocycles. The normalized spacial score (nSPS) is 10.8. The van der Waals surface area contributed by atoms with Crippen LogP contribution in [0.25, 0.3) is 0 Å². The predicted molar refractivity (Wildman–Crippen MR) is 64.6 cm³/mol. The molecular formula is C12H16N2O3. The second-order valence-electron chi connectivity index (χ2n) is 4.58. The number of rotatable bonds is 1. The van der Waals surface area contributed by atoms with E-state index in [0.717, 1.165) is 0 Å². The summed E-state index contributed by atoms with van der Waals surface area (Å²) in [6, 6.07) is 6.35. The van der Waals surface area contributed by atoms with Gasteiger partial charge in [-0.2, -0.15) is 0 Å². The highest BCUT2D eigenvalue weighted by atomic mass is 16.6. The summed E-state index contributed by atoms with van der Waals surface area (Å²) in [5.74, 6) is -0.536. The van der Waals surface area contributed by atoms with Gasteiger partial charge in [-0.15, -0.1) is 0 Å². The van der Waals surface area contributed by atoms with E-state index in [1.165, 1.54) is 6.07 Å². The molecule has 0 saturated carbocycles. The van der Waals surface area contributed by atoms with Gasteiger partial charge in [0, 0.05) is 11.3 Å². The van der Waals surface area contributed by atoms with Gasteiger partial charge >= 0.3 is 6.09 Å². The summed E-state index contributed by atoms with van der Waals surface area (Å²) in [4.78, 5) is 23.0. The average molecular weight is 236 g/mol. The molecule has 0 saturated heterocycles. The Labute approximate surface area is 99.9 Å². The van der Waals surface area contributed by atoms with Crippen molar-refractivity contribution in [3.05, 3.63) is 29.8 Å². The summed E-state index contributed by atoms with van der Waals surface area (Å²) < 4.78 is 4.96. The molecule has 0 aliphatic carbocycles. The molecule has 1 aromatic rings. The van der Waals surface area contributed by atoms with Crippen LogP contribution in [0, 0.1) is 0 Å². The topological polar surface area (TPSA) is 81.4 Å². The Morgan fingerprint density at radius 2 is 1.94 bits per heavy atom. The zero-order chi connectivity index (χ0) is 13.1. The summed E-state index contributed by atoms with van der Waals surface area (Å²) >= 11 is 0. The van der Waals surface area contributed by atoms with E-state index in [2.05, 4.69) is 5.32 Å². The fourth-order valence-electron chi connectivity index (χ4n) is 1.15. The quantitative estimate of drug-likeness (QED) is 0.730. The Morgan fingerprint density at radius 3 is 2.47 bits per heavy atom. The Kier molecular flexibility index (Phi) is 3.73. The van der Waals surface area contributed by atoms with Gasteiger partial charge in [-0.05, 0) is 39.0 Å². The maximum Gasteiger partial charge on any atom is 0.414 e. The fraction of sp³-hybridized carbons (Fsp3) is 0.333. The van der Waals surface area contributed by atoms with Crippen LogP contribution in [0.4, 0.5) is 10.5 Å². The number of imide groups is 1. The summed E-state index contributed by atoms with van der Waals surface area (Å²) in [7, 11) is 0. The van der Waals surface area contributed by atoms with E-state index < -0.39 is 17.6 Å². The summed E-state index contributed by atoms with van der Waals surface area (Å²) in [5, 5.41) is 2.12. The van der Waals surface area contributed by atoms with Crippen molar-refractivity contribution < 1.29 is 14.3 Å². The molecule has 0 aliphatic heterocycles. The lowest BCUT2D eigenvalue weighted by molar-refractivity contribution is 0.0508. The van der Waals surface area contributed by atoms with Crippen LogP contribution in [0.15, 0.2) is 24.3 Å². The Hall–Kier alpha value is -2.04. The molecule has 0 aliphatic rings. The molecule has 0 aromatic heterocycles. The van der Waals surface area contributed by atoms with E-state index in [9.17, 15) is 9.59 Å². The smallest absolute Gasteiger partial charge is 0.414 e. The number of hydrogen-bond acceptors (Lipinski definition) is 4. The van der Waals surface area contributed by atoms with E-state index in [4.69, 9.17) is 10.5 Å². The number of anilines is 1. The predicted octanol–water partition coefficient (Wildman–Crippen LogP) is 1.93. The van der Waals surface area contributed by atoms with Gasteiger partial charge in [-0.3, -0.25) is 10.1 Å². The minimum Gasteiger partial charge on any atom is -0.444 e. The van der Waals surface area contributed by atoms with E-state index in [0.29, 0.717) is 11.3 Å². The second-order valence-corrected chi connectivity index (χ2v) is 4.58. The molecule has 2 amide bonds. The number of nitrogen functional groups attached to an aromatic ring is 1. The minimum atomic E-state index is -0.773. The van der Waals surface area contributed by atoms with Crippen molar-refractivity contribution in [2.75, 3.05) is 5.73 Å².